The Hall–Kier alpha value is -0.860. The van der Waals surface area contributed by atoms with E-state index in [0.29, 0.717) is 18.6 Å². The highest BCUT2D eigenvalue weighted by Gasteiger charge is 2.29. The quantitative estimate of drug-likeness (QED) is 0.726. The van der Waals surface area contributed by atoms with Gasteiger partial charge in [0, 0.05) is 0 Å². The Kier molecular flexibility index (Phi) is 3.75. The van der Waals surface area contributed by atoms with Gasteiger partial charge >= 0.3 is 0 Å². The lowest BCUT2D eigenvalue weighted by atomic mass is 9.80. The van der Waals surface area contributed by atoms with Crippen LogP contribution < -0.4 is 0 Å². The highest BCUT2D eigenvalue weighted by molar-refractivity contribution is 5.13. The summed E-state index contributed by atoms with van der Waals surface area (Å²) in [5.41, 5.74) is 1.23. The lowest BCUT2D eigenvalue weighted by Crippen LogP contribution is -2.31. The highest BCUT2D eigenvalue weighted by atomic mass is 16.5. The van der Waals surface area contributed by atoms with Gasteiger partial charge in [0.2, 0.25) is 0 Å². The predicted octanol–water partition coefficient (Wildman–Crippen LogP) is 2.80. The summed E-state index contributed by atoms with van der Waals surface area (Å²) in [7, 11) is 0. The summed E-state index contributed by atoms with van der Waals surface area (Å²) in [5.74, 6) is 0.628. The van der Waals surface area contributed by atoms with Crippen LogP contribution in [0.25, 0.3) is 0 Å². The molecule has 1 aliphatic rings. The standard InChI is InChI=1S/C13H17O2/c14-7-6-12-8-13(9-12)15-10-11-4-2-1-3-5-11/h1-5,12-13H,6-10H2. The first-order valence-electron chi connectivity index (χ1n) is 5.62. The highest BCUT2D eigenvalue weighted by Crippen LogP contribution is 2.32. The third-order valence-electron chi connectivity index (χ3n) is 3.05. The van der Waals surface area contributed by atoms with E-state index in [-0.39, 0.29) is 6.61 Å². The maximum atomic E-state index is 10.4. The Labute approximate surface area is 90.9 Å². The van der Waals surface area contributed by atoms with Crippen molar-refractivity contribution in [3.8, 4) is 0 Å². The first kappa shape index (κ1) is 10.7. The summed E-state index contributed by atoms with van der Waals surface area (Å²) in [5, 5.41) is 10.4. The van der Waals surface area contributed by atoms with Crippen molar-refractivity contribution in [2.75, 3.05) is 6.61 Å². The normalized spacial score (nSPS) is 24.9. The van der Waals surface area contributed by atoms with Gasteiger partial charge in [-0.25, -0.2) is 5.11 Å². The van der Waals surface area contributed by atoms with Crippen molar-refractivity contribution >= 4 is 0 Å². The topological polar surface area (TPSA) is 29.1 Å². The molecule has 0 unspecified atom stereocenters. The SMILES string of the molecule is [O]CCC1CC(OCc2ccccc2)C1. The molecule has 2 heteroatoms. The second kappa shape index (κ2) is 5.29. The summed E-state index contributed by atoms with van der Waals surface area (Å²) in [6.45, 7) is 0.770. The van der Waals surface area contributed by atoms with E-state index in [9.17, 15) is 5.11 Å². The van der Waals surface area contributed by atoms with E-state index < -0.39 is 0 Å². The minimum atomic E-state index is 0.0655. The largest absolute Gasteiger partial charge is 0.374 e. The number of hydrogen-bond acceptors (Lipinski definition) is 1. The summed E-state index contributed by atoms with van der Waals surface area (Å²) < 4.78 is 5.74. The summed E-state index contributed by atoms with van der Waals surface area (Å²) in [6.07, 6.45) is 3.37. The van der Waals surface area contributed by atoms with Gasteiger partial charge in [-0.05, 0) is 30.7 Å². The zero-order valence-electron chi connectivity index (χ0n) is 8.89. The first-order valence-corrected chi connectivity index (χ1v) is 5.62. The molecule has 0 heterocycles. The van der Waals surface area contributed by atoms with E-state index in [1.165, 1.54) is 5.56 Å². The monoisotopic (exact) mass is 205 g/mol. The van der Waals surface area contributed by atoms with Gasteiger partial charge in [-0.1, -0.05) is 30.3 Å². The van der Waals surface area contributed by atoms with Gasteiger partial charge in [0.05, 0.1) is 19.3 Å². The Morgan fingerprint density at radius 2 is 1.93 bits per heavy atom. The molecule has 2 nitrogen and oxygen atoms in total. The molecule has 0 spiro atoms. The van der Waals surface area contributed by atoms with E-state index >= 15 is 0 Å². The van der Waals surface area contributed by atoms with Crippen LogP contribution in [0.5, 0.6) is 0 Å². The zero-order chi connectivity index (χ0) is 10.5. The molecule has 1 aromatic rings. The molecular formula is C13H17O2. The maximum absolute atomic E-state index is 10.4. The predicted molar refractivity (Wildman–Crippen MR) is 57.9 cm³/mol. The summed E-state index contributed by atoms with van der Waals surface area (Å²) >= 11 is 0. The van der Waals surface area contributed by atoms with Crippen LogP contribution in [0.3, 0.4) is 0 Å². The molecule has 15 heavy (non-hydrogen) atoms. The number of rotatable bonds is 5. The Balaban J connectivity index is 1.64. The lowest BCUT2D eigenvalue weighted by molar-refractivity contribution is -0.0472. The van der Waals surface area contributed by atoms with Crippen molar-refractivity contribution < 1.29 is 9.84 Å². The zero-order valence-corrected chi connectivity index (χ0v) is 8.89. The van der Waals surface area contributed by atoms with Crippen LogP contribution in [-0.4, -0.2) is 12.7 Å². The molecule has 0 aromatic heterocycles. The molecule has 1 aliphatic carbocycles. The molecule has 0 atom stereocenters. The van der Waals surface area contributed by atoms with Gasteiger partial charge in [-0.3, -0.25) is 0 Å². The van der Waals surface area contributed by atoms with E-state index in [0.717, 1.165) is 19.3 Å². The van der Waals surface area contributed by atoms with E-state index in [2.05, 4.69) is 12.1 Å². The second-order valence-corrected chi connectivity index (χ2v) is 4.25. The average molecular weight is 205 g/mol. The van der Waals surface area contributed by atoms with Crippen LogP contribution in [0.2, 0.25) is 0 Å². The maximum Gasteiger partial charge on any atom is 0.0825 e. The van der Waals surface area contributed by atoms with Crippen LogP contribution in [0.1, 0.15) is 24.8 Å². The molecule has 1 fully saturated rings. The Morgan fingerprint density at radius 1 is 1.20 bits per heavy atom. The van der Waals surface area contributed by atoms with Gasteiger partial charge in [0.25, 0.3) is 0 Å². The van der Waals surface area contributed by atoms with E-state index in [4.69, 9.17) is 4.74 Å². The van der Waals surface area contributed by atoms with Gasteiger partial charge in [0.1, 0.15) is 0 Å². The fraction of sp³-hybridized carbons (Fsp3) is 0.538. The van der Waals surface area contributed by atoms with Crippen molar-refractivity contribution in [3.63, 3.8) is 0 Å². The van der Waals surface area contributed by atoms with Crippen molar-refractivity contribution in [1.82, 2.24) is 0 Å². The van der Waals surface area contributed by atoms with Crippen LogP contribution >= 0.6 is 0 Å². The van der Waals surface area contributed by atoms with Crippen molar-refractivity contribution in [2.24, 2.45) is 5.92 Å². The molecule has 0 amide bonds. The molecule has 0 bridgehead atoms. The Bertz CT molecular complexity index is 278. The molecule has 0 aliphatic heterocycles. The first-order chi connectivity index (χ1) is 7.38. The van der Waals surface area contributed by atoms with Crippen LogP contribution in [0, 0.1) is 5.92 Å². The van der Waals surface area contributed by atoms with Crippen molar-refractivity contribution in [1.29, 1.82) is 0 Å². The molecule has 81 valence electrons. The van der Waals surface area contributed by atoms with Crippen LogP contribution in [0.15, 0.2) is 30.3 Å². The third-order valence-corrected chi connectivity index (χ3v) is 3.05. The minimum absolute atomic E-state index is 0.0655. The molecule has 0 saturated heterocycles. The van der Waals surface area contributed by atoms with Crippen molar-refractivity contribution in [3.05, 3.63) is 35.9 Å². The van der Waals surface area contributed by atoms with Crippen LogP contribution in [-0.2, 0) is 16.5 Å². The Morgan fingerprint density at radius 3 is 2.60 bits per heavy atom. The molecule has 1 radical (unpaired) electrons. The third kappa shape index (κ3) is 3.05. The fourth-order valence-electron chi connectivity index (χ4n) is 2.00. The average Bonchev–Trinajstić information content (AvgIpc) is 2.23. The van der Waals surface area contributed by atoms with Crippen LogP contribution in [0.4, 0.5) is 0 Å². The molecule has 0 N–H and O–H groups in total. The fourth-order valence-corrected chi connectivity index (χ4v) is 2.00. The smallest absolute Gasteiger partial charge is 0.0825 e. The van der Waals surface area contributed by atoms with Gasteiger partial charge in [-0.2, -0.15) is 0 Å². The van der Waals surface area contributed by atoms with Gasteiger partial charge < -0.3 is 4.74 Å². The second-order valence-electron chi connectivity index (χ2n) is 4.25. The molecule has 1 saturated carbocycles. The summed E-state index contributed by atoms with van der Waals surface area (Å²) in [6, 6.07) is 10.2. The number of ether oxygens (including phenoxy) is 1. The van der Waals surface area contributed by atoms with Crippen molar-refractivity contribution in [2.45, 2.75) is 32.0 Å². The minimum Gasteiger partial charge on any atom is -0.374 e. The summed E-state index contributed by atoms with van der Waals surface area (Å²) in [4.78, 5) is 0. The van der Waals surface area contributed by atoms with E-state index in [1.807, 2.05) is 18.2 Å². The number of hydrogen-bond donors (Lipinski definition) is 0. The number of benzene rings is 1. The van der Waals surface area contributed by atoms with Gasteiger partial charge in [-0.15, -0.1) is 0 Å². The molecular weight excluding hydrogens is 188 g/mol. The molecule has 2 rings (SSSR count). The van der Waals surface area contributed by atoms with Gasteiger partial charge in [0.15, 0.2) is 0 Å². The molecule has 1 aromatic carbocycles. The van der Waals surface area contributed by atoms with E-state index in [1.54, 1.807) is 0 Å². The lowest BCUT2D eigenvalue weighted by Gasteiger charge is -2.34.